The minimum Gasteiger partial charge on any atom is -0.336 e. The van der Waals surface area contributed by atoms with Gasteiger partial charge >= 0.3 is 0 Å². The number of piperazine rings is 1. The highest BCUT2D eigenvalue weighted by Crippen LogP contribution is 2.31. The second-order valence-electron chi connectivity index (χ2n) is 7.21. The fourth-order valence-corrected chi connectivity index (χ4v) is 4.02. The van der Waals surface area contributed by atoms with Gasteiger partial charge in [-0.25, -0.2) is 4.98 Å². The SMILES string of the molecule is CCN1CCN(C(=O)c2c(C)c(-c3ccc(Cl)cc3)nc3ccccc23)CC1. The van der Waals surface area contributed by atoms with Crippen molar-refractivity contribution in [1.29, 1.82) is 0 Å². The minimum absolute atomic E-state index is 0.0991. The van der Waals surface area contributed by atoms with Crippen LogP contribution in [0.15, 0.2) is 48.5 Å². The van der Waals surface area contributed by atoms with Crippen LogP contribution >= 0.6 is 11.6 Å². The quantitative estimate of drug-likeness (QED) is 0.650. The maximum absolute atomic E-state index is 13.5. The summed E-state index contributed by atoms with van der Waals surface area (Å²) in [5.41, 5.74) is 4.33. The number of amides is 1. The Morgan fingerprint density at radius 1 is 1.04 bits per heavy atom. The van der Waals surface area contributed by atoms with E-state index < -0.39 is 0 Å². The predicted molar refractivity (Wildman–Crippen MR) is 115 cm³/mol. The van der Waals surface area contributed by atoms with Crippen LogP contribution in [0.4, 0.5) is 0 Å². The molecule has 0 radical (unpaired) electrons. The highest BCUT2D eigenvalue weighted by molar-refractivity contribution is 6.30. The van der Waals surface area contributed by atoms with Gasteiger partial charge in [0, 0.05) is 42.2 Å². The Morgan fingerprint density at radius 3 is 2.39 bits per heavy atom. The van der Waals surface area contributed by atoms with Crippen molar-refractivity contribution in [2.45, 2.75) is 13.8 Å². The fourth-order valence-electron chi connectivity index (χ4n) is 3.90. The lowest BCUT2D eigenvalue weighted by Gasteiger charge is -2.34. The zero-order valence-corrected chi connectivity index (χ0v) is 17.0. The van der Waals surface area contributed by atoms with E-state index >= 15 is 0 Å². The van der Waals surface area contributed by atoms with Crippen LogP contribution in [0, 0.1) is 6.92 Å². The van der Waals surface area contributed by atoms with Gasteiger partial charge in [0.25, 0.3) is 5.91 Å². The van der Waals surface area contributed by atoms with Crippen LogP contribution in [0.5, 0.6) is 0 Å². The third-order valence-corrected chi connectivity index (χ3v) is 5.83. The largest absolute Gasteiger partial charge is 0.336 e. The van der Waals surface area contributed by atoms with Crippen molar-refractivity contribution in [2.75, 3.05) is 32.7 Å². The second kappa shape index (κ2) is 7.90. The molecule has 5 heteroatoms. The molecular weight excluding hydrogens is 370 g/mol. The van der Waals surface area contributed by atoms with Crippen LogP contribution in [-0.4, -0.2) is 53.4 Å². The molecule has 1 fully saturated rings. The fraction of sp³-hybridized carbons (Fsp3) is 0.304. The summed E-state index contributed by atoms with van der Waals surface area (Å²) >= 11 is 6.06. The Bertz CT molecular complexity index is 1010. The topological polar surface area (TPSA) is 36.4 Å². The van der Waals surface area contributed by atoms with E-state index in [0.29, 0.717) is 5.02 Å². The Balaban J connectivity index is 1.81. The third kappa shape index (κ3) is 3.50. The number of fused-ring (bicyclic) bond motifs is 1. The number of hydrogen-bond acceptors (Lipinski definition) is 3. The zero-order chi connectivity index (χ0) is 19.7. The van der Waals surface area contributed by atoms with Gasteiger partial charge in [-0.05, 0) is 37.2 Å². The molecular formula is C23H24ClN3O. The highest BCUT2D eigenvalue weighted by atomic mass is 35.5. The van der Waals surface area contributed by atoms with Gasteiger partial charge in [0.2, 0.25) is 0 Å². The van der Waals surface area contributed by atoms with E-state index in [4.69, 9.17) is 16.6 Å². The van der Waals surface area contributed by atoms with Gasteiger partial charge in [-0.1, -0.05) is 48.9 Å². The molecule has 0 spiro atoms. The van der Waals surface area contributed by atoms with Crippen LogP contribution in [0.25, 0.3) is 22.2 Å². The zero-order valence-electron chi connectivity index (χ0n) is 16.3. The Morgan fingerprint density at radius 2 is 1.71 bits per heavy atom. The van der Waals surface area contributed by atoms with Gasteiger partial charge in [-0.2, -0.15) is 0 Å². The molecule has 4 nitrogen and oxygen atoms in total. The first kappa shape index (κ1) is 18.9. The standard InChI is InChI=1S/C23H24ClN3O/c1-3-26-12-14-27(15-13-26)23(28)21-16(2)22(17-8-10-18(24)11-9-17)25-20-7-5-4-6-19(20)21/h4-11H,3,12-15H2,1-2H3. The number of carbonyl (C=O) groups is 1. The van der Waals surface area contributed by atoms with Crippen molar-refractivity contribution >= 4 is 28.4 Å². The molecule has 2 aromatic carbocycles. The summed E-state index contributed by atoms with van der Waals surface area (Å²) in [5.74, 6) is 0.0991. The van der Waals surface area contributed by atoms with Crippen molar-refractivity contribution < 1.29 is 4.79 Å². The summed E-state index contributed by atoms with van der Waals surface area (Å²) in [6.07, 6.45) is 0. The van der Waals surface area contributed by atoms with E-state index in [1.165, 1.54) is 0 Å². The molecule has 1 aliphatic heterocycles. The van der Waals surface area contributed by atoms with E-state index in [1.807, 2.05) is 60.4 Å². The molecule has 144 valence electrons. The lowest BCUT2D eigenvalue weighted by molar-refractivity contribution is 0.0644. The Kier molecular flexibility index (Phi) is 5.33. The molecule has 0 N–H and O–H groups in total. The second-order valence-corrected chi connectivity index (χ2v) is 7.65. The van der Waals surface area contributed by atoms with Gasteiger partial charge in [-0.15, -0.1) is 0 Å². The van der Waals surface area contributed by atoms with Crippen molar-refractivity contribution in [2.24, 2.45) is 0 Å². The number of hydrogen-bond donors (Lipinski definition) is 0. The number of benzene rings is 2. The number of para-hydroxylation sites is 1. The van der Waals surface area contributed by atoms with E-state index in [-0.39, 0.29) is 5.91 Å². The minimum atomic E-state index is 0.0991. The van der Waals surface area contributed by atoms with Crippen LogP contribution in [0.2, 0.25) is 5.02 Å². The van der Waals surface area contributed by atoms with Crippen molar-refractivity contribution in [3.05, 3.63) is 64.7 Å². The van der Waals surface area contributed by atoms with Crippen molar-refractivity contribution in [3.63, 3.8) is 0 Å². The molecule has 4 rings (SSSR count). The predicted octanol–water partition coefficient (Wildman–Crippen LogP) is 4.64. The van der Waals surface area contributed by atoms with E-state index in [1.54, 1.807) is 0 Å². The summed E-state index contributed by atoms with van der Waals surface area (Å²) in [6, 6.07) is 15.5. The average molecular weight is 394 g/mol. The molecule has 0 saturated carbocycles. The number of aromatic nitrogens is 1. The van der Waals surface area contributed by atoms with Gasteiger partial charge in [0.15, 0.2) is 0 Å². The van der Waals surface area contributed by atoms with Gasteiger partial charge in [0.1, 0.15) is 0 Å². The number of likely N-dealkylation sites (N-methyl/N-ethyl adjacent to an activating group) is 1. The molecule has 28 heavy (non-hydrogen) atoms. The monoisotopic (exact) mass is 393 g/mol. The molecule has 0 atom stereocenters. The lowest BCUT2D eigenvalue weighted by atomic mass is 9.96. The van der Waals surface area contributed by atoms with Crippen LogP contribution < -0.4 is 0 Å². The van der Waals surface area contributed by atoms with E-state index in [9.17, 15) is 4.79 Å². The first-order chi connectivity index (χ1) is 13.6. The normalized spacial score (nSPS) is 15.2. The molecule has 1 aliphatic rings. The van der Waals surface area contributed by atoms with Gasteiger partial charge in [0.05, 0.1) is 16.8 Å². The maximum atomic E-state index is 13.5. The van der Waals surface area contributed by atoms with Crippen molar-refractivity contribution in [1.82, 2.24) is 14.8 Å². The summed E-state index contributed by atoms with van der Waals surface area (Å²) in [7, 11) is 0. The van der Waals surface area contributed by atoms with E-state index in [2.05, 4.69) is 11.8 Å². The highest BCUT2D eigenvalue weighted by Gasteiger charge is 2.26. The molecule has 0 aliphatic carbocycles. The first-order valence-electron chi connectivity index (χ1n) is 9.75. The van der Waals surface area contributed by atoms with Crippen molar-refractivity contribution in [3.8, 4) is 11.3 Å². The summed E-state index contributed by atoms with van der Waals surface area (Å²) < 4.78 is 0. The third-order valence-electron chi connectivity index (χ3n) is 5.57. The molecule has 2 heterocycles. The number of nitrogens with zero attached hydrogens (tertiary/aromatic N) is 3. The number of halogens is 1. The maximum Gasteiger partial charge on any atom is 0.254 e. The number of rotatable bonds is 3. The molecule has 0 unspecified atom stereocenters. The summed E-state index contributed by atoms with van der Waals surface area (Å²) in [6.45, 7) is 8.57. The Labute approximate surface area is 170 Å². The van der Waals surface area contributed by atoms with E-state index in [0.717, 1.165) is 66.0 Å². The van der Waals surface area contributed by atoms with Crippen LogP contribution in [0.1, 0.15) is 22.8 Å². The number of carbonyl (C=O) groups excluding carboxylic acids is 1. The van der Waals surface area contributed by atoms with Gasteiger partial charge in [-0.3, -0.25) is 4.79 Å². The Hall–Kier alpha value is -2.43. The number of pyridine rings is 1. The smallest absolute Gasteiger partial charge is 0.254 e. The van der Waals surface area contributed by atoms with Gasteiger partial charge < -0.3 is 9.80 Å². The lowest BCUT2D eigenvalue weighted by Crippen LogP contribution is -2.48. The summed E-state index contributed by atoms with van der Waals surface area (Å²) in [5, 5.41) is 1.60. The average Bonchev–Trinajstić information content (AvgIpc) is 2.73. The van der Waals surface area contributed by atoms with Crippen LogP contribution in [-0.2, 0) is 0 Å². The molecule has 0 bridgehead atoms. The molecule has 1 saturated heterocycles. The van der Waals surface area contributed by atoms with Crippen LogP contribution in [0.3, 0.4) is 0 Å². The first-order valence-corrected chi connectivity index (χ1v) is 10.1. The molecule has 3 aromatic rings. The molecule has 1 aromatic heterocycles. The summed E-state index contributed by atoms with van der Waals surface area (Å²) in [4.78, 5) is 22.7. The molecule has 1 amide bonds.